The molecule has 0 spiro atoms. The molecule has 0 radical (unpaired) electrons. The Hall–Kier alpha value is -1.90. The lowest BCUT2D eigenvalue weighted by molar-refractivity contribution is 0.0449. The number of ether oxygens (including phenoxy) is 2. The number of hydrogen-bond donors (Lipinski definition) is 1. The normalized spacial score (nSPS) is 14.0. The van der Waals surface area contributed by atoms with Gasteiger partial charge in [-0.2, -0.15) is 0 Å². The second-order valence-corrected chi connectivity index (χ2v) is 8.90. The first-order valence-corrected chi connectivity index (χ1v) is 10.8. The van der Waals surface area contributed by atoms with Crippen LogP contribution < -0.4 is 9.46 Å². The van der Waals surface area contributed by atoms with Crippen LogP contribution in [0, 0.1) is 6.92 Å². The molecule has 1 aliphatic carbocycles. The topological polar surface area (TPSA) is 81.7 Å². The van der Waals surface area contributed by atoms with Crippen LogP contribution in [0.25, 0.3) is 0 Å². The Labute approximate surface area is 167 Å². The van der Waals surface area contributed by atoms with Crippen molar-refractivity contribution in [2.24, 2.45) is 0 Å². The lowest BCUT2D eigenvalue weighted by Gasteiger charge is -2.10. The lowest BCUT2D eigenvalue weighted by atomic mass is 10.2. The van der Waals surface area contributed by atoms with Crippen LogP contribution in [0.4, 0.5) is 0 Å². The largest absolute Gasteiger partial charge is 0.490 e. The van der Waals surface area contributed by atoms with E-state index in [1.807, 2.05) is 31.2 Å². The van der Waals surface area contributed by atoms with Crippen LogP contribution in [0.15, 0.2) is 51.8 Å². The van der Waals surface area contributed by atoms with E-state index in [4.69, 9.17) is 9.47 Å². The van der Waals surface area contributed by atoms with Gasteiger partial charge in [-0.15, -0.1) is 0 Å². The molecule has 0 unspecified atom stereocenters. The molecular formula is C19H20BrNO5S. The summed E-state index contributed by atoms with van der Waals surface area (Å²) in [5.74, 6) is 0.0786. The number of carbonyl (C=O) groups excluding carboxylic acids is 1. The van der Waals surface area contributed by atoms with E-state index < -0.39 is 16.0 Å². The molecule has 0 amide bonds. The highest BCUT2D eigenvalue weighted by atomic mass is 79.9. The molecule has 1 aliphatic rings. The number of esters is 1. The minimum atomic E-state index is -3.64. The van der Waals surface area contributed by atoms with Gasteiger partial charge in [-0.3, -0.25) is 0 Å². The van der Waals surface area contributed by atoms with Gasteiger partial charge < -0.3 is 9.47 Å². The summed E-state index contributed by atoms with van der Waals surface area (Å²) in [6.07, 6.45) is 1.68. The number of rotatable bonds is 8. The van der Waals surface area contributed by atoms with Gasteiger partial charge in [0.05, 0.1) is 10.5 Å². The van der Waals surface area contributed by atoms with E-state index in [-0.39, 0.29) is 29.7 Å². The molecule has 1 N–H and O–H groups in total. The van der Waals surface area contributed by atoms with Gasteiger partial charge in [0.2, 0.25) is 10.0 Å². The molecule has 0 atom stereocenters. The number of sulfonamides is 1. The molecule has 0 bridgehead atoms. The summed E-state index contributed by atoms with van der Waals surface area (Å²) in [7, 11) is -3.64. The number of nitrogens with one attached hydrogen (secondary N) is 1. The number of aryl methyl sites for hydroxylation is 1. The molecule has 1 fully saturated rings. The second kappa shape index (κ2) is 8.41. The van der Waals surface area contributed by atoms with Crippen molar-refractivity contribution in [3.8, 4) is 5.75 Å². The molecule has 144 valence electrons. The third kappa shape index (κ3) is 5.54. The molecule has 8 heteroatoms. The molecule has 2 aromatic carbocycles. The van der Waals surface area contributed by atoms with E-state index in [9.17, 15) is 13.2 Å². The van der Waals surface area contributed by atoms with Gasteiger partial charge >= 0.3 is 5.97 Å². The van der Waals surface area contributed by atoms with E-state index >= 15 is 0 Å². The van der Waals surface area contributed by atoms with Crippen LogP contribution in [0.5, 0.6) is 5.75 Å². The zero-order valence-corrected chi connectivity index (χ0v) is 17.2. The van der Waals surface area contributed by atoms with Crippen LogP contribution in [0.2, 0.25) is 0 Å². The van der Waals surface area contributed by atoms with Crippen molar-refractivity contribution in [2.45, 2.75) is 30.7 Å². The van der Waals surface area contributed by atoms with Crippen molar-refractivity contribution < 1.29 is 22.7 Å². The highest BCUT2D eigenvalue weighted by Crippen LogP contribution is 2.25. The predicted molar refractivity (Wildman–Crippen MR) is 104 cm³/mol. The SMILES string of the molecule is Cc1ccc(OCCOC(=O)c2cc(S(=O)(=O)NC3CC3)ccc2Br)cc1. The standard InChI is InChI=1S/C19H20BrNO5S/c1-13-2-6-15(7-3-13)25-10-11-26-19(22)17-12-16(8-9-18(17)20)27(23,24)21-14-4-5-14/h2-3,6-9,12,14,21H,4-5,10-11H2,1H3. The summed E-state index contributed by atoms with van der Waals surface area (Å²) in [6.45, 7) is 2.24. The Morgan fingerprint density at radius 1 is 1.15 bits per heavy atom. The first kappa shape index (κ1) is 19.9. The zero-order chi connectivity index (χ0) is 19.4. The fourth-order valence-corrected chi connectivity index (χ4v) is 4.06. The molecule has 6 nitrogen and oxygen atoms in total. The van der Waals surface area contributed by atoms with Crippen LogP contribution in [-0.2, 0) is 14.8 Å². The molecule has 2 aromatic rings. The molecular weight excluding hydrogens is 434 g/mol. The minimum absolute atomic E-state index is 0.00651. The van der Waals surface area contributed by atoms with Gasteiger partial charge in [-0.25, -0.2) is 17.9 Å². The molecule has 0 saturated heterocycles. The monoisotopic (exact) mass is 453 g/mol. The summed E-state index contributed by atoms with van der Waals surface area (Å²) < 4.78 is 38.4. The number of carbonyl (C=O) groups is 1. The predicted octanol–water partition coefficient (Wildman–Crippen LogP) is 3.43. The summed E-state index contributed by atoms with van der Waals surface area (Å²) in [4.78, 5) is 12.4. The molecule has 0 heterocycles. The Morgan fingerprint density at radius 3 is 2.52 bits per heavy atom. The average molecular weight is 454 g/mol. The second-order valence-electron chi connectivity index (χ2n) is 6.33. The van der Waals surface area contributed by atoms with Crippen LogP contribution in [-0.4, -0.2) is 33.6 Å². The van der Waals surface area contributed by atoms with Crippen molar-refractivity contribution in [1.29, 1.82) is 0 Å². The van der Waals surface area contributed by atoms with Crippen LogP contribution in [0.3, 0.4) is 0 Å². The third-order valence-corrected chi connectivity index (χ3v) is 6.18. The van der Waals surface area contributed by atoms with Crippen molar-refractivity contribution >= 4 is 31.9 Å². The fraction of sp³-hybridized carbons (Fsp3) is 0.316. The van der Waals surface area contributed by atoms with Crippen molar-refractivity contribution in [3.05, 3.63) is 58.1 Å². The zero-order valence-electron chi connectivity index (χ0n) is 14.8. The maximum atomic E-state index is 12.3. The van der Waals surface area contributed by atoms with Crippen LogP contribution in [0.1, 0.15) is 28.8 Å². The smallest absolute Gasteiger partial charge is 0.339 e. The summed E-state index contributed by atoms with van der Waals surface area (Å²) in [5, 5.41) is 0. The highest BCUT2D eigenvalue weighted by molar-refractivity contribution is 9.10. The number of hydrogen-bond acceptors (Lipinski definition) is 5. The first-order chi connectivity index (χ1) is 12.8. The van der Waals surface area contributed by atoms with E-state index in [0.717, 1.165) is 18.4 Å². The Kier molecular flexibility index (Phi) is 6.18. The molecule has 3 rings (SSSR count). The van der Waals surface area contributed by atoms with Gasteiger partial charge in [-0.1, -0.05) is 17.7 Å². The van der Waals surface area contributed by atoms with E-state index in [0.29, 0.717) is 10.2 Å². The first-order valence-electron chi connectivity index (χ1n) is 8.53. The van der Waals surface area contributed by atoms with E-state index in [1.165, 1.54) is 18.2 Å². The third-order valence-electron chi connectivity index (χ3n) is 3.97. The molecule has 0 aliphatic heterocycles. The number of benzene rings is 2. The maximum absolute atomic E-state index is 12.3. The van der Waals surface area contributed by atoms with Gasteiger partial charge in [0.15, 0.2) is 0 Å². The van der Waals surface area contributed by atoms with Crippen LogP contribution >= 0.6 is 15.9 Å². The minimum Gasteiger partial charge on any atom is -0.490 e. The Balaban J connectivity index is 1.58. The summed E-state index contributed by atoms with van der Waals surface area (Å²) >= 11 is 3.27. The Bertz CT molecular complexity index is 924. The van der Waals surface area contributed by atoms with E-state index in [1.54, 1.807) is 0 Å². The fourth-order valence-electron chi connectivity index (χ4n) is 2.32. The summed E-state index contributed by atoms with van der Waals surface area (Å²) in [5.41, 5.74) is 1.29. The van der Waals surface area contributed by atoms with Gasteiger partial charge in [-0.05, 0) is 66.0 Å². The number of halogens is 1. The average Bonchev–Trinajstić information content (AvgIpc) is 3.43. The Morgan fingerprint density at radius 2 is 1.85 bits per heavy atom. The van der Waals surface area contributed by atoms with Crippen molar-refractivity contribution in [1.82, 2.24) is 4.72 Å². The summed E-state index contributed by atoms with van der Waals surface area (Å²) in [6, 6.07) is 11.8. The van der Waals surface area contributed by atoms with E-state index in [2.05, 4.69) is 20.7 Å². The van der Waals surface area contributed by atoms with Gasteiger partial charge in [0.25, 0.3) is 0 Å². The van der Waals surface area contributed by atoms with Crippen molar-refractivity contribution in [2.75, 3.05) is 13.2 Å². The quantitative estimate of drug-likeness (QED) is 0.488. The molecule has 27 heavy (non-hydrogen) atoms. The van der Waals surface area contributed by atoms with Crippen molar-refractivity contribution in [3.63, 3.8) is 0 Å². The molecule has 0 aromatic heterocycles. The van der Waals surface area contributed by atoms with Gasteiger partial charge in [0, 0.05) is 10.5 Å². The van der Waals surface area contributed by atoms with Gasteiger partial charge in [0.1, 0.15) is 19.0 Å². The maximum Gasteiger partial charge on any atom is 0.339 e. The highest BCUT2D eigenvalue weighted by Gasteiger charge is 2.28. The molecule has 1 saturated carbocycles. The lowest BCUT2D eigenvalue weighted by Crippen LogP contribution is -2.26.